The summed E-state index contributed by atoms with van der Waals surface area (Å²) in [5.41, 5.74) is 3.31. The number of rotatable bonds is 5. The van der Waals surface area contributed by atoms with Crippen LogP contribution in [0.2, 0.25) is 0 Å². The van der Waals surface area contributed by atoms with Crippen LogP contribution >= 0.6 is 0 Å². The highest BCUT2D eigenvalue weighted by Gasteiger charge is 2.14. The van der Waals surface area contributed by atoms with E-state index in [1.165, 1.54) is 5.56 Å². The van der Waals surface area contributed by atoms with Crippen LogP contribution in [0.15, 0.2) is 18.2 Å². The molecule has 0 saturated carbocycles. The Morgan fingerprint density at radius 2 is 2.39 bits per heavy atom. The number of fused-ring (bicyclic) bond motifs is 1. The lowest BCUT2D eigenvalue weighted by Crippen LogP contribution is -2.36. The van der Waals surface area contributed by atoms with Crippen LogP contribution in [0, 0.1) is 0 Å². The molecule has 3 N–H and O–H groups in total. The molecule has 1 aromatic rings. The number of likely N-dealkylation sites (N-methyl/N-ethyl adjacent to an activating group) is 1. The van der Waals surface area contributed by atoms with E-state index in [2.05, 4.69) is 16.7 Å². The van der Waals surface area contributed by atoms with Crippen LogP contribution in [0.5, 0.6) is 0 Å². The van der Waals surface area contributed by atoms with Gasteiger partial charge < -0.3 is 20.6 Å². The van der Waals surface area contributed by atoms with Crippen molar-refractivity contribution in [3.63, 3.8) is 0 Å². The van der Waals surface area contributed by atoms with E-state index in [-0.39, 0.29) is 19.1 Å². The molecule has 1 heterocycles. The monoisotopic (exact) mass is 249 g/mol. The second kappa shape index (κ2) is 5.84. The Morgan fingerprint density at radius 1 is 1.56 bits per heavy atom. The Hall–Kier alpha value is -1.59. The second-order valence-electron chi connectivity index (χ2n) is 4.37. The van der Waals surface area contributed by atoms with Crippen molar-refractivity contribution in [1.29, 1.82) is 0 Å². The van der Waals surface area contributed by atoms with Gasteiger partial charge in [-0.3, -0.25) is 4.79 Å². The van der Waals surface area contributed by atoms with Crippen LogP contribution in [0.25, 0.3) is 0 Å². The molecule has 0 fully saturated rings. The molecule has 5 heteroatoms. The van der Waals surface area contributed by atoms with E-state index >= 15 is 0 Å². The van der Waals surface area contributed by atoms with E-state index in [4.69, 9.17) is 5.11 Å². The molecule has 98 valence electrons. The first-order chi connectivity index (χ1) is 8.72. The van der Waals surface area contributed by atoms with Gasteiger partial charge in [0, 0.05) is 31.5 Å². The Kier molecular flexibility index (Phi) is 4.17. The van der Waals surface area contributed by atoms with Gasteiger partial charge in [-0.2, -0.15) is 0 Å². The highest BCUT2D eigenvalue weighted by Crippen LogP contribution is 2.27. The van der Waals surface area contributed by atoms with Gasteiger partial charge in [0.25, 0.3) is 0 Å². The highest BCUT2D eigenvalue weighted by atomic mass is 16.3. The minimum atomic E-state index is -0.0126. The molecular weight excluding hydrogens is 230 g/mol. The molecule has 0 radical (unpaired) electrons. The smallest absolute Gasteiger partial charge is 0.240 e. The number of carbonyl (C=O) groups excluding carboxylic acids is 1. The number of anilines is 2. The quantitative estimate of drug-likeness (QED) is 0.652. The van der Waals surface area contributed by atoms with E-state index in [1.54, 1.807) is 11.9 Å². The number of benzene rings is 1. The van der Waals surface area contributed by atoms with Crippen molar-refractivity contribution in [3.8, 4) is 0 Å². The van der Waals surface area contributed by atoms with Gasteiger partial charge in [-0.15, -0.1) is 0 Å². The fraction of sp³-hybridized carbons (Fsp3) is 0.462. The maximum Gasteiger partial charge on any atom is 0.240 e. The van der Waals surface area contributed by atoms with Crippen molar-refractivity contribution < 1.29 is 9.90 Å². The van der Waals surface area contributed by atoms with Crippen LogP contribution in [0.3, 0.4) is 0 Å². The fourth-order valence-corrected chi connectivity index (χ4v) is 2.02. The molecule has 2 rings (SSSR count). The molecule has 1 aliphatic heterocycles. The van der Waals surface area contributed by atoms with E-state index in [0.29, 0.717) is 6.54 Å². The average molecular weight is 249 g/mol. The summed E-state index contributed by atoms with van der Waals surface area (Å²) in [4.78, 5) is 13.5. The van der Waals surface area contributed by atoms with Crippen molar-refractivity contribution in [2.24, 2.45) is 0 Å². The van der Waals surface area contributed by atoms with Gasteiger partial charge in [0.2, 0.25) is 5.91 Å². The lowest BCUT2D eigenvalue weighted by atomic mass is 10.1. The summed E-state index contributed by atoms with van der Waals surface area (Å²) in [7, 11) is 1.76. The van der Waals surface area contributed by atoms with E-state index in [1.807, 2.05) is 12.1 Å². The molecule has 1 aromatic carbocycles. The average Bonchev–Trinajstić information content (AvgIpc) is 2.85. The molecule has 0 saturated heterocycles. The topological polar surface area (TPSA) is 64.6 Å². The van der Waals surface area contributed by atoms with Crippen molar-refractivity contribution in [2.75, 3.05) is 43.5 Å². The lowest BCUT2D eigenvalue weighted by Gasteiger charge is -2.18. The normalized spacial score (nSPS) is 13.0. The van der Waals surface area contributed by atoms with Crippen molar-refractivity contribution >= 4 is 17.3 Å². The molecule has 0 spiro atoms. The van der Waals surface area contributed by atoms with Crippen molar-refractivity contribution in [1.82, 2.24) is 5.32 Å². The van der Waals surface area contributed by atoms with Gasteiger partial charge in [0.1, 0.15) is 0 Å². The predicted octanol–water partition coefficient (Wildman–Crippen LogP) is 0.199. The number of carbonyl (C=O) groups is 1. The van der Waals surface area contributed by atoms with Crippen molar-refractivity contribution in [2.45, 2.75) is 6.42 Å². The van der Waals surface area contributed by atoms with Gasteiger partial charge in [-0.25, -0.2) is 0 Å². The summed E-state index contributed by atoms with van der Waals surface area (Å²) in [6, 6.07) is 6.04. The van der Waals surface area contributed by atoms with Crippen LogP contribution in [0.4, 0.5) is 11.4 Å². The second-order valence-corrected chi connectivity index (χ2v) is 4.37. The zero-order valence-electron chi connectivity index (χ0n) is 10.6. The van der Waals surface area contributed by atoms with Crippen molar-refractivity contribution in [3.05, 3.63) is 23.8 Å². The number of hydrogen-bond donors (Lipinski definition) is 3. The molecule has 5 nitrogen and oxygen atoms in total. The molecule has 0 unspecified atom stereocenters. The number of nitrogens with one attached hydrogen (secondary N) is 2. The van der Waals surface area contributed by atoms with E-state index in [0.717, 1.165) is 24.3 Å². The van der Waals surface area contributed by atoms with Crippen LogP contribution in [0.1, 0.15) is 5.56 Å². The Bertz CT molecular complexity index is 434. The molecule has 0 aliphatic carbocycles. The van der Waals surface area contributed by atoms with Gasteiger partial charge in [0.15, 0.2) is 0 Å². The highest BCUT2D eigenvalue weighted by molar-refractivity contribution is 5.94. The predicted molar refractivity (Wildman–Crippen MR) is 72.0 cm³/mol. The third-order valence-corrected chi connectivity index (χ3v) is 3.13. The lowest BCUT2D eigenvalue weighted by molar-refractivity contribution is -0.117. The minimum absolute atomic E-state index is 0.0126. The summed E-state index contributed by atoms with van der Waals surface area (Å²) in [5.74, 6) is -0.0126. The number of aliphatic hydroxyl groups is 1. The molecule has 18 heavy (non-hydrogen) atoms. The maximum atomic E-state index is 11.9. The molecule has 0 atom stereocenters. The first-order valence-electron chi connectivity index (χ1n) is 6.17. The van der Waals surface area contributed by atoms with Crippen LogP contribution in [-0.2, 0) is 11.2 Å². The molecule has 1 amide bonds. The number of hydrogen-bond acceptors (Lipinski definition) is 4. The largest absolute Gasteiger partial charge is 0.395 e. The van der Waals surface area contributed by atoms with Gasteiger partial charge in [-0.05, 0) is 24.1 Å². The summed E-state index contributed by atoms with van der Waals surface area (Å²) in [6.07, 6.45) is 1.05. The number of amides is 1. The van der Waals surface area contributed by atoms with Crippen LogP contribution in [-0.4, -0.2) is 44.3 Å². The Balaban J connectivity index is 2.00. The van der Waals surface area contributed by atoms with Gasteiger partial charge in [-0.1, -0.05) is 6.07 Å². The number of nitrogens with zero attached hydrogens (tertiary/aromatic N) is 1. The van der Waals surface area contributed by atoms with E-state index < -0.39 is 0 Å². The Labute approximate surface area is 107 Å². The fourth-order valence-electron chi connectivity index (χ4n) is 2.02. The third-order valence-electron chi connectivity index (χ3n) is 3.13. The van der Waals surface area contributed by atoms with Crippen LogP contribution < -0.4 is 15.5 Å². The number of aliphatic hydroxyl groups excluding tert-OH is 1. The molecule has 1 aliphatic rings. The summed E-state index contributed by atoms with van der Waals surface area (Å²) in [6.45, 7) is 1.68. The molecular formula is C13H19N3O2. The SMILES string of the molecule is CN(C(=O)CNCCO)c1ccc2c(c1)NCC2. The van der Waals surface area contributed by atoms with Gasteiger partial charge in [0.05, 0.1) is 13.2 Å². The summed E-state index contributed by atoms with van der Waals surface area (Å²) in [5, 5.41) is 14.8. The first-order valence-corrected chi connectivity index (χ1v) is 6.17. The molecule has 0 bridgehead atoms. The summed E-state index contributed by atoms with van der Waals surface area (Å²) < 4.78 is 0. The minimum Gasteiger partial charge on any atom is -0.395 e. The zero-order chi connectivity index (χ0) is 13.0. The zero-order valence-corrected chi connectivity index (χ0v) is 10.6. The molecule has 0 aromatic heterocycles. The van der Waals surface area contributed by atoms with Gasteiger partial charge >= 0.3 is 0 Å². The summed E-state index contributed by atoms with van der Waals surface area (Å²) >= 11 is 0. The third kappa shape index (κ3) is 2.80. The standard InChI is InChI=1S/C13H19N3O2/c1-16(13(18)9-14-6-7-17)11-3-2-10-4-5-15-12(10)8-11/h2-3,8,14-15,17H,4-7,9H2,1H3. The Morgan fingerprint density at radius 3 is 3.17 bits per heavy atom. The maximum absolute atomic E-state index is 11.9. The first kappa shape index (κ1) is 12.9. The van der Waals surface area contributed by atoms with E-state index in [9.17, 15) is 4.79 Å².